The fourth-order valence-corrected chi connectivity index (χ4v) is 3.17. The molecule has 0 bridgehead atoms. The van der Waals surface area contributed by atoms with Crippen molar-refractivity contribution in [3.05, 3.63) is 24.3 Å². The maximum atomic E-state index is 10.2. The number of ether oxygens (including phenoxy) is 3. The molecule has 9 heteroatoms. The summed E-state index contributed by atoms with van der Waals surface area (Å²) in [6.07, 6.45) is -0.662. The van der Waals surface area contributed by atoms with Crippen LogP contribution < -0.4 is 34.3 Å². The van der Waals surface area contributed by atoms with Gasteiger partial charge in [0.2, 0.25) is 0 Å². The fraction of sp³-hybridized carbons (Fsp3) is 0.667. The minimum atomic E-state index is -0.513. The summed E-state index contributed by atoms with van der Waals surface area (Å²) in [6.45, 7) is 6.37. The number of halogens is 2. The molecule has 1 aromatic carbocycles. The highest BCUT2D eigenvalue weighted by Gasteiger charge is 2.22. The van der Waals surface area contributed by atoms with E-state index >= 15 is 0 Å². The lowest BCUT2D eigenvalue weighted by atomic mass is 10.2. The minimum absolute atomic E-state index is 0. The summed E-state index contributed by atoms with van der Waals surface area (Å²) in [5.41, 5.74) is 0. The molecule has 0 saturated carbocycles. The first-order valence-electron chi connectivity index (χ1n) is 8.94. The quantitative estimate of drug-likeness (QED) is 0.431. The molecular weight excluding hydrogens is 395 g/mol. The van der Waals surface area contributed by atoms with Crippen LogP contribution in [-0.4, -0.2) is 97.9 Å². The zero-order valence-electron chi connectivity index (χ0n) is 15.3. The zero-order chi connectivity index (χ0) is 17.5. The van der Waals surface area contributed by atoms with E-state index in [4.69, 9.17) is 19.3 Å². The van der Waals surface area contributed by atoms with Crippen molar-refractivity contribution in [2.75, 3.05) is 65.7 Å². The maximum absolute atomic E-state index is 10.2. The van der Waals surface area contributed by atoms with Crippen LogP contribution in [0.15, 0.2) is 24.3 Å². The number of β-amino-alcohol motifs (C(OH)–C–C–N with tert-alkyl or cyclic N) is 2. The van der Waals surface area contributed by atoms with Crippen LogP contribution >= 0.6 is 0 Å². The number of hydrogen-bond acceptors (Lipinski definition) is 7. The third-order valence-electron chi connectivity index (χ3n) is 4.53. The lowest BCUT2D eigenvalue weighted by molar-refractivity contribution is -0.0322. The third-order valence-corrected chi connectivity index (χ3v) is 4.53. The lowest BCUT2D eigenvalue weighted by Crippen LogP contribution is -3.00. The SMILES string of the molecule is OCCN1CCN(CC(O)COCC2COc3ccccc3O2)CC1.[Cl-].[Cl-]. The smallest absolute Gasteiger partial charge is 0.161 e. The van der Waals surface area contributed by atoms with Gasteiger partial charge in [-0.2, -0.15) is 0 Å². The number of aliphatic hydroxyl groups is 2. The van der Waals surface area contributed by atoms with E-state index in [1.54, 1.807) is 0 Å². The molecule has 0 spiro atoms. The highest BCUT2D eigenvalue weighted by molar-refractivity contribution is 5.40. The number of benzene rings is 1. The molecule has 156 valence electrons. The van der Waals surface area contributed by atoms with Crippen molar-refractivity contribution < 1.29 is 49.2 Å². The van der Waals surface area contributed by atoms with Crippen LogP contribution in [0, 0.1) is 0 Å². The Kier molecular flexibility index (Phi) is 11.3. The average molecular weight is 423 g/mol. The number of rotatable bonds is 8. The number of aliphatic hydroxyl groups excluding tert-OH is 2. The van der Waals surface area contributed by atoms with E-state index in [0.29, 0.717) is 26.4 Å². The number of nitrogens with zero attached hydrogens (tertiary/aromatic N) is 2. The van der Waals surface area contributed by atoms with Crippen LogP contribution in [0.25, 0.3) is 0 Å². The Hall–Kier alpha value is -0.800. The van der Waals surface area contributed by atoms with Gasteiger partial charge in [0.05, 0.1) is 25.9 Å². The van der Waals surface area contributed by atoms with Gasteiger partial charge in [0.15, 0.2) is 17.6 Å². The Morgan fingerprint density at radius 3 is 2.44 bits per heavy atom. The van der Waals surface area contributed by atoms with Crippen molar-refractivity contribution in [1.29, 1.82) is 0 Å². The summed E-state index contributed by atoms with van der Waals surface area (Å²) < 4.78 is 17.1. The zero-order valence-corrected chi connectivity index (χ0v) is 16.8. The van der Waals surface area contributed by atoms with Crippen molar-refractivity contribution in [2.45, 2.75) is 12.2 Å². The monoisotopic (exact) mass is 422 g/mol. The predicted molar refractivity (Wildman–Crippen MR) is 93.1 cm³/mol. The van der Waals surface area contributed by atoms with E-state index in [1.165, 1.54) is 0 Å². The van der Waals surface area contributed by atoms with Crippen molar-refractivity contribution in [2.24, 2.45) is 0 Å². The lowest BCUT2D eigenvalue weighted by Gasteiger charge is -2.35. The van der Waals surface area contributed by atoms with Gasteiger partial charge in [-0.05, 0) is 12.1 Å². The summed E-state index contributed by atoms with van der Waals surface area (Å²) in [5, 5.41) is 19.1. The van der Waals surface area contributed by atoms with Gasteiger partial charge in [-0.1, -0.05) is 12.1 Å². The molecule has 27 heavy (non-hydrogen) atoms. The second kappa shape index (κ2) is 12.6. The molecule has 2 unspecified atom stereocenters. The van der Waals surface area contributed by atoms with E-state index in [1.807, 2.05) is 24.3 Å². The number of piperazine rings is 1. The van der Waals surface area contributed by atoms with Crippen LogP contribution in [0.2, 0.25) is 0 Å². The Balaban J connectivity index is 0.00000182. The van der Waals surface area contributed by atoms with Gasteiger partial charge in [-0.3, -0.25) is 9.80 Å². The summed E-state index contributed by atoms with van der Waals surface area (Å²) >= 11 is 0. The minimum Gasteiger partial charge on any atom is -1.00 e. The van der Waals surface area contributed by atoms with Gasteiger partial charge in [-0.15, -0.1) is 0 Å². The highest BCUT2D eigenvalue weighted by Crippen LogP contribution is 2.30. The maximum Gasteiger partial charge on any atom is 0.161 e. The van der Waals surface area contributed by atoms with Gasteiger partial charge >= 0.3 is 0 Å². The van der Waals surface area contributed by atoms with E-state index in [9.17, 15) is 5.11 Å². The first-order valence-corrected chi connectivity index (χ1v) is 8.94. The van der Waals surface area contributed by atoms with Gasteiger partial charge in [0.1, 0.15) is 6.61 Å². The number of hydrogen-bond donors (Lipinski definition) is 2. The molecule has 0 aliphatic carbocycles. The molecule has 0 radical (unpaired) electrons. The third kappa shape index (κ3) is 7.62. The predicted octanol–water partition coefficient (Wildman–Crippen LogP) is -6.18. The second-order valence-electron chi connectivity index (χ2n) is 6.55. The van der Waals surface area contributed by atoms with Gasteiger partial charge in [-0.25, -0.2) is 0 Å². The summed E-state index contributed by atoms with van der Waals surface area (Å²) in [6, 6.07) is 7.59. The van der Waals surface area contributed by atoms with E-state index in [0.717, 1.165) is 44.2 Å². The fourth-order valence-electron chi connectivity index (χ4n) is 3.17. The van der Waals surface area contributed by atoms with Gasteiger partial charge in [0.25, 0.3) is 0 Å². The van der Waals surface area contributed by atoms with Crippen LogP contribution in [0.4, 0.5) is 0 Å². The molecular formula is C18H28Cl2N2O5-2. The molecule has 2 heterocycles. The Labute approximate surface area is 173 Å². The highest BCUT2D eigenvalue weighted by atomic mass is 35.5. The van der Waals surface area contributed by atoms with Crippen molar-refractivity contribution in [3.63, 3.8) is 0 Å². The Morgan fingerprint density at radius 1 is 1.07 bits per heavy atom. The molecule has 1 fully saturated rings. The van der Waals surface area contributed by atoms with Crippen LogP contribution in [0.1, 0.15) is 0 Å². The normalized spacial score (nSPS) is 21.0. The molecule has 7 nitrogen and oxygen atoms in total. The van der Waals surface area contributed by atoms with Crippen molar-refractivity contribution in [3.8, 4) is 11.5 Å². The van der Waals surface area contributed by atoms with Crippen LogP contribution in [0.3, 0.4) is 0 Å². The Morgan fingerprint density at radius 2 is 1.74 bits per heavy atom. The topological polar surface area (TPSA) is 74.6 Å². The van der Waals surface area contributed by atoms with E-state index in [-0.39, 0.29) is 37.5 Å². The first-order chi connectivity index (χ1) is 12.2. The molecule has 2 N–H and O–H groups in total. The molecule has 0 aromatic heterocycles. The molecule has 2 aliphatic rings. The standard InChI is InChI=1S/C18H28N2O5.2ClH/c21-10-9-19-5-7-20(8-6-19)11-15(22)12-23-13-16-14-24-17-3-1-2-4-18(17)25-16;;/h1-4,15-16,21-22H,5-14H2;2*1H/p-2. The second-order valence-corrected chi connectivity index (χ2v) is 6.55. The Bertz CT molecular complexity index is 532. The summed E-state index contributed by atoms with van der Waals surface area (Å²) in [4.78, 5) is 4.47. The van der Waals surface area contributed by atoms with Crippen molar-refractivity contribution in [1.82, 2.24) is 9.80 Å². The average Bonchev–Trinajstić information content (AvgIpc) is 2.63. The molecule has 2 aliphatic heterocycles. The largest absolute Gasteiger partial charge is 1.00 e. The van der Waals surface area contributed by atoms with Crippen LogP contribution in [0.5, 0.6) is 11.5 Å². The van der Waals surface area contributed by atoms with Crippen LogP contribution in [-0.2, 0) is 4.74 Å². The molecule has 1 saturated heterocycles. The van der Waals surface area contributed by atoms with Gasteiger partial charge in [0, 0.05) is 39.3 Å². The van der Waals surface area contributed by atoms with E-state index < -0.39 is 6.10 Å². The first kappa shape index (κ1) is 24.2. The summed E-state index contributed by atoms with van der Waals surface area (Å²) in [5.74, 6) is 1.50. The summed E-state index contributed by atoms with van der Waals surface area (Å²) in [7, 11) is 0. The molecule has 1 aromatic rings. The molecule has 0 amide bonds. The number of fused-ring (bicyclic) bond motifs is 1. The van der Waals surface area contributed by atoms with Gasteiger partial charge < -0.3 is 49.2 Å². The molecule has 2 atom stereocenters. The molecule has 3 rings (SSSR count). The van der Waals surface area contributed by atoms with E-state index in [2.05, 4.69) is 9.80 Å². The number of para-hydroxylation sites is 2. The van der Waals surface area contributed by atoms with Crippen molar-refractivity contribution >= 4 is 0 Å².